The Labute approximate surface area is 200 Å². The maximum absolute atomic E-state index is 13.1. The number of benzene rings is 2. The summed E-state index contributed by atoms with van der Waals surface area (Å²) in [6.07, 6.45) is 1.79. The number of rotatable bonds is 6. The van der Waals surface area contributed by atoms with Crippen LogP contribution in [0.2, 0.25) is 5.02 Å². The number of methoxy groups -OCH3 is 1. The van der Waals surface area contributed by atoms with Crippen LogP contribution >= 0.6 is 11.6 Å². The lowest BCUT2D eigenvalue weighted by Gasteiger charge is -2.51. The van der Waals surface area contributed by atoms with Crippen molar-refractivity contribution in [1.29, 1.82) is 0 Å². The molecule has 0 spiro atoms. The highest BCUT2D eigenvalue weighted by molar-refractivity contribution is 6.34. The Hall–Kier alpha value is -2.61. The van der Waals surface area contributed by atoms with Crippen LogP contribution in [-0.2, 0) is 11.3 Å². The summed E-state index contributed by atoms with van der Waals surface area (Å²) >= 11 is 6.31. The maximum atomic E-state index is 13.1. The second kappa shape index (κ2) is 10.1. The summed E-state index contributed by atoms with van der Waals surface area (Å²) in [6.45, 7) is 4.32. The molecule has 0 aliphatic carbocycles. The van der Waals surface area contributed by atoms with E-state index in [9.17, 15) is 9.59 Å². The number of likely N-dealkylation sites (N-methyl/N-ethyl adjacent to an activating group) is 1. The van der Waals surface area contributed by atoms with Gasteiger partial charge in [0.1, 0.15) is 5.75 Å². The molecule has 2 aliphatic rings. The summed E-state index contributed by atoms with van der Waals surface area (Å²) < 4.78 is 5.41. The molecule has 2 fully saturated rings. The zero-order valence-electron chi connectivity index (χ0n) is 19.3. The molecule has 2 aliphatic heterocycles. The van der Waals surface area contributed by atoms with Crippen molar-refractivity contribution >= 4 is 29.1 Å². The normalized spacial score (nSPS) is 23.1. The SMILES string of the molecule is COc1cc(NC(C)=O)c(Cl)cc1C(=O)NC1CC2CN(Cc3ccccc3)CC(C1)N2C. The first-order valence-corrected chi connectivity index (χ1v) is 11.7. The first kappa shape index (κ1) is 23.5. The minimum atomic E-state index is -0.240. The number of carbonyl (C=O) groups excluding carboxylic acids is 2. The van der Waals surface area contributed by atoms with Gasteiger partial charge in [0.2, 0.25) is 5.91 Å². The fourth-order valence-corrected chi connectivity index (χ4v) is 5.21. The van der Waals surface area contributed by atoms with Gasteiger partial charge in [0.05, 0.1) is 23.4 Å². The Morgan fingerprint density at radius 1 is 1.12 bits per heavy atom. The van der Waals surface area contributed by atoms with E-state index >= 15 is 0 Å². The van der Waals surface area contributed by atoms with Crippen LogP contribution < -0.4 is 15.4 Å². The van der Waals surface area contributed by atoms with E-state index in [-0.39, 0.29) is 17.9 Å². The van der Waals surface area contributed by atoms with Crippen molar-refractivity contribution in [3.05, 3.63) is 58.6 Å². The Bertz CT molecular complexity index is 1000. The molecule has 4 rings (SSSR count). The Balaban J connectivity index is 1.42. The van der Waals surface area contributed by atoms with Gasteiger partial charge in [0.15, 0.2) is 0 Å². The number of amides is 2. The molecule has 33 heavy (non-hydrogen) atoms. The third-order valence-corrected chi connectivity index (χ3v) is 6.94. The van der Waals surface area contributed by atoms with E-state index in [1.165, 1.54) is 19.6 Å². The summed E-state index contributed by atoms with van der Waals surface area (Å²) in [5, 5.41) is 6.16. The zero-order chi connectivity index (χ0) is 23.5. The number of hydrogen-bond donors (Lipinski definition) is 2. The van der Waals surface area contributed by atoms with Crippen LogP contribution in [0.15, 0.2) is 42.5 Å². The van der Waals surface area contributed by atoms with Crippen LogP contribution in [0.25, 0.3) is 0 Å². The lowest BCUT2D eigenvalue weighted by molar-refractivity contribution is -0.114. The van der Waals surface area contributed by atoms with Crippen molar-refractivity contribution in [2.75, 3.05) is 32.6 Å². The third-order valence-electron chi connectivity index (χ3n) is 6.63. The molecule has 2 bridgehead atoms. The van der Waals surface area contributed by atoms with E-state index < -0.39 is 0 Å². The topological polar surface area (TPSA) is 73.9 Å². The molecule has 2 N–H and O–H groups in total. The van der Waals surface area contributed by atoms with Gasteiger partial charge in [-0.2, -0.15) is 0 Å². The van der Waals surface area contributed by atoms with E-state index in [0.29, 0.717) is 34.1 Å². The number of halogens is 1. The Morgan fingerprint density at radius 3 is 2.39 bits per heavy atom. The summed E-state index contributed by atoms with van der Waals surface area (Å²) in [4.78, 5) is 29.5. The number of hydrogen-bond acceptors (Lipinski definition) is 5. The van der Waals surface area contributed by atoms with Crippen LogP contribution in [0.1, 0.15) is 35.7 Å². The first-order valence-electron chi connectivity index (χ1n) is 11.3. The van der Waals surface area contributed by atoms with Crippen molar-refractivity contribution in [3.63, 3.8) is 0 Å². The standard InChI is InChI=1S/C25H31ClN4O3/c1-16(31)27-23-12-24(33-3)21(11-22(23)26)25(32)28-18-9-19-14-30(15-20(10-18)29(19)2)13-17-7-5-4-6-8-17/h4-8,11-12,18-20H,9-10,13-15H2,1-3H3,(H,27,31)(H,28,32). The molecule has 2 heterocycles. The van der Waals surface area contributed by atoms with Gasteiger partial charge < -0.3 is 15.4 Å². The second-order valence-corrected chi connectivity index (χ2v) is 9.42. The van der Waals surface area contributed by atoms with Gasteiger partial charge in [0.25, 0.3) is 5.91 Å². The van der Waals surface area contributed by atoms with Gasteiger partial charge >= 0.3 is 0 Å². The van der Waals surface area contributed by atoms with Gasteiger partial charge in [-0.25, -0.2) is 0 Å². The minimum Gasteiger partial charge on any atom is -0.496 e. The average Bonchev–Trinajstić information content (AvgIpc) is 2.76. The largest absolute Gasteiger partial charge is 0.496 e. The number of piperidine rings is 1. The van der Waals surface area contributed by atoms with Crippen molar-refractivity contribution in [2.24, 2.45) is 0 Å². The molecule has 2 aromatic rings. The van der Waals surface area contributed by atoms with E-state index in [4.69, 9.17) is 16.3 Å². The quantitative estimate of drug-likeness (QED) is 0.677. The Morgan fingerprint density at radius 2 is 1.79 bits per heavy atom. The molecule has 176 valence electrons. The number of piperazine rings is 1. The number of fused-ring (bicyclic) bond motifs is 2. The molecule has 0 aromatic heterocycles. The molecule has 2 amide bonds. The molecule has 7 nitrogen and oxygen atoms in total. The fourth-order valence-electron chi connectivity index (χ4n) is 5.00. The van der Waals surface area contributed by atoms with E-state index in [1.54, 1.807) is 12.1 Å². The van der Waals surface area contributed by atoms with Crippen molar-refractivity contribution in [1.82, 2.24) is 15.1 Å². The van der Waals surface area contributed by atoms with Gasteiger partial charge in [-0.1, -0.05) is 41.9 Å². The van der Waals surface area contributed by atoms with Crippen molar-refractivity contribution < 1.29 is 14.3 Å². The van der Waals surface area contributed by atoms with Crippen LogP contribution in [0.4, 0.5) is 5.69 Å². The maximum Gasteiger partial charge on any atom is 0.255 e. The number of ether oxygens (including phenoxy) is 1. The molecule has 2 atom stereocenters. The van der Waals surface area contributed by atoms with Gasteiger partial charge in [-0.15, -0.1) is 0 Å². The van der Waals surface area contributed by atoms with E-state index in [0.717, 1.165) is 32.5 Å². The molecule has 0 radical (unpaired) electrons. The fraction of sp³-hybridized carbons (Fsp3) is 0.440. The lowest BCUT2D eigenvalue weighted by Crippen LogP contribution is -2.63. The number of nitrogens with one attached hydrogen (secondary N) is 2. The highest BCUT2D eigenvalue weighted by Crippen LogP contribution is 2.32. The van der Waals surface area contributed by atoms with Gasteiger partial charge in [0, 0.05) is 50.7 Å². The summed E-state index contributed by atoms with van der Waals surface area (Å²) in [5.41, 5.74) is 2.12. The van der Waals surface area contributed by atoms with Crippen molar-refractivity contribution in [2.45, 2.75) is 44.4 Å². The molecule has 8 heteroatoms. The average molecular weight is 471 g/mol. The number of anilines is 1. The number of carbonyl (C=O) groups is 2. The van der Waals surface area contributed by atoms with Gasteiger partial charge in [-0.3, -0.25) is 19.4 Å². The van der Waals surface area contributed by atoms with Gasteiger partial charge in [-0.05, 0) is 31.5 Å². The highest BCUT2D eigenvalue weighted by atomic mass is 35.5. The second-order valence-electron chi connectivity index (χ2n) is 9.01. The number of nitrogens with zero attached hydrogens (tertiary/aromatic N) is 2. The first-order chi connectivity index (χ1) is 15.8. The molecule has 2 aromatic carbocycles. The van der Waals surface area contributed by atoms with Crippen molar-refractivity contribution in [3.8, 4) is 5.75 Å². The highest BCUT2D eigenvalue weighted by Gasteiger charge is 2.39. The summed E-state index contributed by atoms with van der Waals surface area (Å²) in [5.74, 6) is -0.0740. The van der Waals surface area contributed by atoms with Crippen LogP contribution in [-0.4, -0.2) is 67.0 Å². The van der Waals surface area contributed by atoms with E-state index in [2.05, 4.69) is 51.7 Å². The van der Waals surface area contributed by atoms with Crippen LogP contribution in [0.3, 0.4) is 0 Å². The lowest BCUT2D eigenvalue weighted by atomic mass is 9.87. The summed E-state index contributed by atoms with van der Waals surface area (Å²) in [6, 6.07) is 14.6. The van der Waals surface area contributed by atoms with E-state index in [1.807, 2.05) is 6.07 Å². The predicted octanol–water partition coefficient (Wildman–Crippen LogP) is 3.38. The minimum absolute atomic E-state index is 0.0843. The van der Waals surface area contributed by atoms with Crippen LogP contribution in [0, 0.1) is 0 Å². The van der Waals surface area contributed by atoms with Crippen LogP contribution in [0.5, 0.6) is 5.75 Å². The molecular formula is C25H31ClN4O3. The molecule has 2 saturated heterocycles. The molecular weight excluding hydrogens is 440 g/mol. The predicted molar refractivity (Wildman–Crippen MR) is 130 cm³/mol. The molecule has 2 unspecified atom stereocenters. The summed E-state index contributed by atoms with van der Waals surface area (Å²) in [7, 11) is 3.69. The number of likely N-dealkylation sites (tertiary alicyclic amines) is 1. The zero-order valence-corrected chi connectivity index (χ0v) is 20.1. The Kier molecular flexibility index (Phi) is 7.22. The molecule has 0 saturated carbocycles. The smallest absolute Gasteiger partial charge is 0.255 e. The monoisotopic (exact) mass is 470 g/mol. The third kappa shape index (κ3) is 5.49.